The average molecular weight is 333 g/mol. The van der Waals surface area contributed by atoms with Crippen LogP contribution >= 0.6 is 22.6 Å². The highest BCUT2D eigenvalue weighted by atomic mass is 127. The Morgan fingerprint density at radius 2 is 1.94 bits per heavy atom. The van der Waals surface area contributed by atoms with Crippen LogP contribution in [0, 0.1) is 5.92 Å². The molecule has 90 valence electrons. The molecule has 1 aromatic rings. The lowest BCUT2D eigenvalue weighted by Gasteiger charge is -2.19. The highest BCUT2D eigenvalue weighted by Crippen LogP contribution is 2.08. The van der Waals surface area contributed by atoms with Gasteiger partial charge in [-0.05, 0) is 18.1 Å². The summed E-state index contributed by atoms with van der Waals surface area (Å²) in [5.41, 5.74) is 0. The van der Waals surface area contributed by atoms with Crippen molar-refractivity contribution in [1.29, 1.82) is 0 Å². The van der Waals surface area contributed by atoms with Crippen LogP contribution in [0.2, 0.25) is 0 Å². The van der Waals surface area contributed by atoms with Crippen molar-refractivity contribution in [2.75, 3.05) is 17.6 Å². The molecule has 1 N–H and O–H groups in total. The van der Waals surface area contributed by atoms with E-state index in [9.17, 15) is 0 Å². The van der Waals surface area contributed by atoms with Gasteiger partial charge in [-0.15, -0.1) is 0 Å². The Bertz CT molecular complexity index is 277. The highest BCUT2D eigenvalue weighted by Gasteiger charge is 2.09. The highest BCUT2D eigenvalue weighted by molar-refractivity contribution is 14.1. The molecule has 0 spiro atoms. The molecule has 1 unspecified atom stereocenters. The van der Waals surface area contributed by atoms with Crippen molar-refractivity contribution in [3.63, 3.8) is 0 Å². The molecule has 1 aromatic carbocycles. The van der Waals surface area contributed by atoms with E-state index < -0.39 is 0 Å². The third-order valence-electron chi connectivity index (χ3n) is 2.49. The number of halogens is 1. The molecule has 0 aliphatic carbocycles. The first kappa shape index (κ1) is 13.8. The van der Waals surface area contributed by atoms with Gasteiger partial charge in [0.15, 0.2) is 0 Å². The van der Waals surface area contributed by atoms with Gasteiger partial charge in [0.1, 0.15) is 12.4 Å². The Hall–Kier alpha value is -0.290. The van der Waals surface area contributed by atoms with Gasteiger partial charge in [0.05, 0.1) is 0 Å². The minimum absolute atomic E-state index is 0.583. The van der Waals surface area contributed by atoms with Crippen LogP contribution < -0.4 is 10.1 Å². The second kappa shape index (κ2) is 7.90. The van der Waals surface area contributed by atoms with Crippen LogP contribution in [0.25, 0.3) is 0 Å². The number of rotatable bonds is 7. The van der Waals surface area contributed by atoms with E-state index in [4.69, 9.17) is 4.74 Å². The van der Waals surface area contributed by atoms with Crippen LogP contribution in [0.3, 0.4) is 0 Å². The van der Waals surface area contributed by atoms with Gasteiger partial charge in [0.25, 0.3) is 0 Å². The zero-order valence-corrected chi connectivity index (χ0v) is 12.1. The van der Waals surface area contributed by atoms with Gasteiger partial charge in [-0.1, -0.05) is 54.6 Å². The van der Waals surface area contributed by atoms with E-state index in [1.165, 1.54) is 0 Å². The van der Waals surface area contributed by atoms with Crippen molar-refractivity contribution in [2.24, 2.45) is 5.92 Å². The van der Waals surface area contributed by atoms with Gasteiger partial charge < -0.3 is 10.1 Å². The summed E-state index contributed by atoms with van der Waals surface area (Å²) in [7, 11) is 0. The number of nitrogens with one attached hydrogen (secondary N) is 1. The summed E-state index contributed by atoms with van der Waals surface area (Å²) >= 11 is 2.42. The maximum absolute atomic E-state index is 5.62. The zero-order chi connectivity index (χ0) is 11.8. The van der Waals surface area contributed by atoms with Crippen LogP contribution in [0.1, 0.15) is 13.8 Å². The smallest absolute Gasteiger partial charge is 0.119 e. The minimum Gasteiger partial charge on any atom is -0.492 e. The van der Waals surface area contributed by atoms with E-state index in [1.807, 2.05) is 30.3 Å². The number of para-hydroxylation sites is 1. The lowest BCUT2D eigenvalue weighted by atomic mass is 10.1. The molecular weight excluding hydrogens is 313 g/mol. The van der Waals surface area contributed by atoms with E-state index in [1.54, 1.807) is 0 Å². The largest absolute Gasteiger partial charge is 0.492 e. The third-order valence-corrected chi connectivity index (χ3v) is 3.44. The van der Waals surface area contributed by atoms with Gasteiger partial charge in [-0.25, -0.2) is 0 Å². The second-order valence-electron chi connectivity index (χ2n) is 4.12. The first-order chi connectivity index (χ1) is 7.74. The summed E-state index contributed by atoms with van der Waals surface area (Å²) < 4.78 is 6.76. The Kier molecular flexibility index (Phi) is 6.80. The number of benzene rings is 1. The molecule has 0 bridgehead atoms. The number of alkyl halides is 1. The third kappa shape index (κ3) is 5.16. The molecule has 0 saturated carbocycles. The van der Waals surface area contributed by atoms with E-state index in [0.717, 1.165) is 23.3 Å². The molecule has 0 amide bonds. The standard InChI is InChI=1S/C13H20INO/c1-11(2)13(10-14)15-8-9-16-12-6-4-3-5-7-12/h3-7,11,13,15H,8-10H2,1-2H3. The zero-order valence-electron chi connectivity index (χ0n) is 9.95. The first-order valence-electron chi connectivity index (χ1n) is 5.71. The fraction of sp³-hybridized carbons (Fsp3) is 0.538. The van der Waals surface area contributed by atoms with Gasteiger partial charge in [-0.3, -0.25) is 0 Å². The molecule has 0 radical (unpaired) electrons. The topological polar surface area (TPSA) is 21.3 Å². The molecule has 0 saturated heterocycles. The average Bonchev–Trinajstić information content (AvgIpc) is 2.30. The Morgan fingerprint density at radius 3 is 2.50 bits per heavy atom. The molecule has 0 aromatic heterocycles. The molecule has 1 rings (SSSR count). The van der Waals surface area contributed by atoms with Crippen molar-refractivity contribution in [1.82, 2.24) is 5.32 Å². The summed E-state index contributed by atoms with van der Waals surface area (Å²) in [6.07, 6.45) is 0. The normalized spacial score (nSPS) is 12.8. The predicted molar refractivity (Wildman–Crippen MR) is 77.5 cm³/mol. The van der Waals surface area contributed by atoms with Crippen molar-refractivity contribution in [2.45, 2.75) is 19.9 Å². The number of hydrogen-bond donors (Lipinski definition) is 1. The maximum atomic E-state index is 5.62. The van der Waals surface area contributed by atoms with Crippen LogP contribution in [-0.2, 0) is 0 Å². The molecule has 0 aliphatic heterocycles. The van der Waals surface area contributed by atoms with E-state index in [2.05, 4.69) is 41.8 Å². The molecule has 1 atom stereocenters. The summed E-state index contributed by atoms with van der Waals surface area (Å²) in [4.78, 5) is 0. The molecule has 16 heavy (non-hydrogen) atoms. The van der Waals surface area contributed by atoms with E-state index in [0.29, 0.717) is 12.0 Å². The van der Waals surface area contributed by atoms with Crippen LogP contribution in [0.15, 0.2) is 30.3 Å². The molecule has 0 aliphatic rings. The van der Waals surface area contributed by atoms with Gasteiger partial charge >= 0.3 is 0 Å². The van der Waals surface area contributed by atoms with Crippen molar-refractivity contribution in [3.8, 4) is 5.75 Å². The molecule has 0 heterocycles. The SMILES string of the molecule is CC(C)C(CI)NCCOc1ccccc1. The fourth-order valence-electron chi connectivity index (χ4n) is 1.40. The number of ether oxygens (including phenoxy) is 1. The predicted octanol–water partition coefficient (Wildman–Crippen LogP) is 3.11. The Morgan fingerprint density at radius 1 is 1.25 bits per heavy atom. The molecular formula is C13H20INO. The van der Waals surface area contributed by atoms with Crippen LogP contribution in [0.4, 0.5) is 0 Å². The van der Waals surface area contributed by atoms with Crippen LogP contribution in [0.5, 0.6) is 5.75 Å². The quantitative estimate of drug-likeness (QED) is 0.470. The summed E-state index contributed by atoms with van der Waals surface area (Å²) in [5.74, 6) is 1.62. The van der Waals surface area contributed by atoms with Crippen molar-refractivity contribution >= 4 is 22.6 Å². The maximum Gasteiger partial charge on any atom is 0.119 e. The van der Waals surface area contributed by atoms with Crippen molar-refractivity contribution < 1.29 is 4.74 Å². The summed E-state index contributed by atoms with van der Waals surface area (Å²) in [6, 6.07) is 10.5. The Labute approximate surface area is 112 Å². The van der Waals surface area contributed by atoms with E-state index in [-0.39, 0.29) is 0 Å². The first-order valence-corrected chi connectivity index (χ1v) is 7.23. The molecule has 3 heteroatoms. The Balaban J connectivity index is 2.16. The fourth-order valence-corrected chi connectivity index (χ4v) is 2.73. The minimum atomic E-state index is 0.583. The lowest BCUT2D eigenvalue weighted by Crippen LogP contribution is -2.37. The van der Waals surface area contributed by atoms with E-state index >= 15 is 0 Å². The van der Waals surface area contributed by atoms with Crippen LogP contribution in [-0.4, -0.2) is 23.6 Å². The van der Waals surface area contributed by atoms with Crippen molar-refractivity contribution in [3.05, 3.63) is 30.3 Å². The van der Waals surface area contributed by atoms with Gasteiger partial charge in [0, 0.05) is 17.0 Å². The molecule has 0 fully saturated rings. The lowest BCUT2D eigenvalue weighted by molar-refractivity contribution is 0.298. The monoisotopic (exact) mass is 333 g/mol. The number of hydrogen-bond acceptors (Lipinski definition) is 2. The molecule has 2 nitrogen and oxygen atoms in total. The second-order valence-corrected chi connectivity index (χ2v) is 5.00. The van der Waals surface area contributed by atoms with Gasteiger partial charge in [-0.2, -0.15) is 0 Å². The summed E-state index contributed by atoms with van der Waals surface area (Å²) in [6.45, 7) is 6.12. The summed E-state index contributed by atoms with van der Waals surface area (Å²) in [5, 5.41) is 3.51. The van der Waals surface area contributed by atoms with Gasteiger partial charge in [0.2, 0.25) is 0 Å².